The maximum Gasteiger partial charge on any atom is 0.416 e. The van der Waals surface area contributed by atoms with Gasteiger partial charge < -0.3 is 5.11 Å². The molecule has 4 unspecified atom stereocenters. The average Bonchev–Trinajstić information content (AvgIpc) is 3.27. The third kappa shape index (κ3) is 4.23. The first-order valence-electron chi connectivity index (χ1n) is 12.1. The number of fused-ring (bicyclic) bond motifs is 1. The normalized spacial score (nSPS) is 30.1. The molecule has 0 radical (unpaired) electrons. The van der Waals surface area contributed by atoms with Crippen molar-refractivity contribution < 1.29 is 32.7 Å². The van der Waals surface area contributed by atoms with Gasteiger partial charge in [-0.1, -0.05) is 57.6 Å². The molecule has 4 atom stereocenters. The van der Waals surface area contributed by atoms with Crippen LogP contribution in [0.15, 0.2) is 24.3 Å². The van der Waals surface area contributed by atoms with Crippen LogP contribution in [0, 0.1) is 17.8 Å². The van der Waals surface area contributed by atoms with Crippen LogP contribution in [0.4, 0.5) is 13.2 Å². The van der Waals surface area contributed by atoms with Crippen molar-refractivity contribution in [2.24, 2.45) is 17.8 Å². The molecule has 3 fully saturated rings. The van der Waals surface area contributed by atoms with E-state index in [-0.39, 0.29) is 24.4 Å². The lowest BCUT2D eigenvalue weighted by Crippen LogP contribution is -2.56. The first-order chi connectivity index (χ1) is 16.1. The summed E-state index contributed by atoms with van der Waals surface area (Å²) in [5.74, 6) is -4.36. The van der Waals surface area contributed by atoms with Crippen LogP contribution in [-0.2, 0) is 20.6 Å². The Kier molecular flexibility index (Phi) is 6.77. The lowest BCUT2D eigenvalue weighted by Gasteiger charge is -2.35. The second-order valence-corrected chi connectivity index (χ2v) is 9.92. The predicted octanol–water partition coefficient (Wildman–Crippen LogP) is 4.54. The fourth-order valence-electron chi connectivity index (χ4n) is 6.11. The standard InChI is InChI=1S/C25H31F3N2O4/c1-2-3-12-30-21(31)18-19(22(30)32)24(23(33)34,14-15-8-5-4-6-9-15)29-20(18)16-10-7-11-17(13-16)25(26,27)28/h7,10-11,13,15,18-20,29H,2-6,8-9,12,14H2,1H3,(H,33,34). The zero-order valence-electron chi connectivity index (χ0n) is 19.2. The van der Waals surface area contributed by atoms with E-state index < -0.39 is 52.9 Å². The van der Waals surface area contributed by atoms with Gasteiger partial charge >= 0.3 is 12.1 Å². The highest BCUT2D eigenvalue weighted by atomic mass is 19.4. The van der Waals surface area contributed by atoms with Crippen molar-refractivity contribution in [3.05, 3.63) is 35.4 Å². The van der Waals surface area contributed by atoms with Crippen molar-refractivity contribution >= 4 is 17.8 Å². The van der Waals surface area contributed by atoms with E-state index in [2.05, 4.69) is 5.32 Å². The van der Waals surface area contributed by atoms with Crippen LogP contribution < -0.4 is 5.32 Å². The number of unbranched alkanes of at least 4 members (excludes halogenated alkanes) is 1. The van der Waals surface area contributed by atoms with Crippen LogP contribution in [0.3, 0.4) is 0 Å². The molecule has 3 aliphatic rings. The maximum absolute atomic E-state index is 13.5. The molecular formula is C25H31F3N2O4. The summed E-state index contributed by atoms with van der Waals surface area (Å²) in [5.41, 5.74) is -2.39. The molecule has 4 rings (SSSR count). The second kappa shape index (κ2) is 9.32. The smallest absolute Gasteiger partial charge is 0.416 e. The number of nitrogens with one attached hydrogen (secondary N) is 1. The first-order valence-corrected chi connectivity index (χ1v) is 12.1. The molecule has 0 spiro atoms. The molecule has 2 N–H and O–H groups in total. The van der Waals surface area contributed by atoms with E-state index in [0.717, 1.165) is 55.6 Å². The van der Waals surface area contributed by atoms with Gasteiger partial charge in [0.1, 0.15) is 5.54 Å². The average molecular weight is 481 g/mol. The topological polar surface area (TPSA) is 86.7 Å². The molecule has 0 bridgehead atoms. The fraction of sp³-hybridized carbons (Fsp3) is 0.640. The summed E-state index contributed by atoms with van der Waals surface area (Å²) < 4.78 is 40.2. The lowest BCUT2D eigenvalue weighted by molar-refractivity contribution is -0.152. The minimum absolute atomic E-state index is 0.0749. The van der Waals surface area contributed by atoms with Gasteiger partial charge in [0, 0.05) is 12.6 Å². The zero-order chi connectivity index (χ0) is 24.7. The summed E-state index contributed by atoms with van der Waals surface area (Å²) in [6.07, 6.45) is 1.62. The number of halogens is 3. The first kappa shape index (κ1) is 24.7. The summed E-state index contributed by atoms with van der Waals surface area (Å²) in [4.78, 5) is 40.8. The number of hydrogen-bond donors (Lipinski definition) is 2. The molecular weight excluding hydrogens is 449 g/mol. The number of amides is 2. The van der Waals surface area contributed by atoms with Gasteiger partial charge in [0.05, 0.1) is 17.4 Å². The van der Waals surface area contributed by atoms with Gasteiger partial charge in [-0.2, -0.15) is 13.2 Å². The summed E-state index contributed by atoms with van der Waals surface area (Å²) in [6, 6.07) is 3.63. The quantitative estimate of drug-likeness (QED) is 0.560. The summed E-state index contributed by atoms with van der Waals surface area (Å²) in [5, 5.41) is 13.5. The fourth-order valence-corrected chi connectivity index (χ4v) is 6.11. The molecule has 1 aliphatic carbocycles. The Labute approximate surface area is 196 Å². The highest BCUT2D eigenvalue weighted by Crippen LogP contribution is 2.52. The Morgan fingerprint density at radius 3 is 2.50 bits per heavy atom. The molecule has 1 saturated carbocycles. The van der Waals surface area contributed by atoms with Gasteiger partial charge in [-0.15, -0.1) is 0 Å². The molecule has 1 aromatic carbocycles. The van der Waals surface area contributed by atoms with Gasteiger partial charge in [-0.3, -0.25) is 24.6 Å². The number of imide groups is 1. The van der Waals surface area contributed by atoms with E-state index in [0.29, 0.717) is 6.42 Å². The minimum Gasteiger partial charge on any atom is -0.480 e. The van der Waals surface area contributed by atoms with Crippen molar-refractivity contribution in [1.82, 2.24) is 10.2 Å². The van der Waals surface area contributed by atoms with Crippen molar-refractivity contribution in [2.75, 3.05) is 6.54 Å². The van der Waals surface area contributed by atoms with Gasteiger partial charge in [0.15, 0.2) is 0 Å². The van der Waals surface area contributed by atoms with Gasteiger partial charge in [0.2, 0.25) is 11.8 Å². The van der Waals surface area contributed by atoms with Crippen molar-refractivity contribution in [1.29, 1.82) is 0 Å². The van der Waals surface area contributed by atoms with E-state index in [9.17, 15) is 32.7 Å². The van der Waals surface area contributed by atoms with Crippen LogP contribution in [0.2, 0.25) is 0 Å². The van der Waals surface area contributed by atoms with E-state index in [1.807, 2.05) is 6.92 Å². The molecule has 2 saturated heterocycles. The van der Waals surface area contributed by atoms with E-state index >= 15 is 0 Å². The third-order valence-electron chi connectivity index (χ3n) is 7.77. The molecule has 2 amide bonds. The number of alkyl halides is 3. The number of aliphatic carboxylic acids is 1. The van der Waals surface area contributed by atoms with E-state index in [1.54, 1.807) is 0 Å². The molecule has 6 nitrogen and oxygen atoms in total. The highest BCUT2D eigenvalue weighted by molar-refractivity contribution is 6.09. The Morgan fingerprint density at radius 2 is 1.88 bits per heavy atom. The van der Waals surface area contributed by atoms with Crippen molar-refractivity contribution in [2.45, 2.75) is 76.0 Å². The molecule has 0 aromatic heterocycles. The van der Waals surface area contributed by atoms with Crippen molar-refractivity contribution in [3.63, 3.8) is 0 Å². The highest BCUT2D eigenvalue weighted by Gasteiger charge is 2.68. The number of carbonyl (C=O) groups excluding carboxylic acids is 2. The van der Waals surface area contributed by atoms with Crippen LogP contribution in [0.5, 0.6) is 0 Å². The molecule has 2 heterocycles. The minimum atomic E-state index is -4.58. The van der Waals surface area contributed by atoms with Crippen LogP contribution in [0.1, 0.15) is 75.5 Å². The van der Waals surface area contributed by atoms with E-state index in [4.69, 9.17) is 0 Å². The summed E-state index contributed by atoms with van der Waals surface area (Å²) in [7, 11) is 0. The number of hydrogen-bond acceptors (Lipinski definition) is 4. The number of carboxylic acid groups (broad SMARTS) is 1. The monoisotopic (exact) mass is 480 g/mol. The van der Waals surface area contributed by atoms with Crippen LogP contribution >= 0.6 is 0 Å². The molecule has 34 heavy (non-hydrogen) atoms. The predicted molar refractivity (Wildman–Crippen MR) is 117 cm³/mol. The molecule has 9 heteroatoms. The number of rotatable bonds is 7. The van der Waals surface area contributed by atoms with Gasteiger partial charge in [0.25, 0.3) is 0 Å². The van der Waals surface area contributed by atoms with Gasteiger partial charge in [-0.05, 0) is 36.5 Å². The molecule has 186 valence electrons. The Bertz CT molecular complexity index is 960. The molecule has 1 aromatic rings. The number of likely N-dealkylation sites (tertiary alicyclic amines) is 1. The number of carbonyl (C=O) groups is 3. The Hall–Kier alpha value is -2.42. The zero-order valence-corrected chi connectivity index (χ0v) is 19.2. The van der Waals surface area contributed by atoms with Crippen LogP contribution in [-0.4, -0.2) is 39.9 Å². The number of nitrogens with zero attached hydrogens (tertiary/aromatic N) is 1. The Morgan fingerprint density at radius 1 is 1.18 bits per heavy atom. The maximum atomic E-state index is 13.5. The SMILES string of the molecule is CCCCN1C(=O)C2C(c3cccc(C(F)(F)F)c3)NC(CC3CCCCC3)(C(=O)O)C2C1=O. The van der Waals surface area contributed by atoms with Gasteiger partial charge in [-0.25, -0.2) is 0 Å². The third-order valence-corrected chi connectivity index (χ3v) is 7.77. The Balaban J connectivity index is 1.78. The summed E-state index contributed by atoms with van der Waals surface area (Å²) in [6.45, 7) is 2.11. The molecule has 2 aliphatic heterocycles. The lowest BCUT2D eigenvalue weighted by atomic mass is 9.72. The largest absolute Gasteiger partial charge is 0.480 e. The second-order valence-electron chi connectivity index (χ2n) is 9.92. The van der Waals surface area contributed by atoms with Crippen LogP contribution in [0.25, 0.3) is 0 Å². The number of benzene rings is 1. The van der Waals surface area contributed by atoms with Crippen molar-refractivity contribution in [3.8, 4) is 0 Å². The number of carboxylic acids is 1. The van der Waals surface area contributed by atoms with E-state index in [1.165, 1.54) is 12.1 Å². The summed E-state index contributed by atoms with van der Waals surface area (Å²) >= 11 is 0.